The van der Waals surface area contributed by atoms with E-state index in [2.05, 4.69) is 11.8 Å². The molecule has 3 nitrogen and oxygen atoms in total. The molecule has 1 heterocycles. The molecule has 0 fully saturated rings. The molecule has 0 bridgehead atoms. The minimum absolute atomic E-state index is 0.0824. The zero-order chi connectivity index (χ0) is 18.6. The first-order valence-electron chi connectivity index (χ1n) is 8.95. The van der Waals surface area contributed by atoms with Gasteiger partial charge in [0.1, 0.15) is 5.82 Å². The average molecular weight is 350 g/mol. The molecule has 4 rings (SSSR count). The van der Waals surface area contributed by atoms with E-state index in [1.807, 2.05) is 85.8 Å². The van der Waals surface area contributed by atoms with Gasteiger partial charge in [-0.2, -0.15) is 0 Å². The molecule has 4 aromatic rings. The lowest BCUT2D eigenvalue weighted by Crippen LogP contribution is -2.24. The van der Waals surface area contributed by atoms with Crippen molar-refractivity contribution in [2.75, 3.05) is 0 Å². The topological polar surface area (TPSA) is 34.9 Å². The molecule has 130 valence electrons. The lowest BCUT2D eigenvalue weighted by molar-refractivity contribution is 0.833. The van der Waals surface area contributed by atoms with Crippen LogP contribution < -0.4 is 5.56 Å². The minimum atomic E-state index is -0.0824. The lowest BCUT2D eigenvalue weighted by atomic mass is 10.1. The van der Waals surface area contributed by atoms with Crippen molar-refractivity contribution in [1.82, 2.24) is 9.55 Å². The summed E-state index contributed by atoms with van der Waals surface area (Å²) in [5, 5.41) is 0.557. The predicted molar refractivity (Wildman–Crippen MR) is 109 cm³/mol. The molecular weight excluding hydrogens is 332 g/mol. The molecule has 0 unspecified atom stereocenters. The van der Waals surface area contributed by atoms with E-state index < -0.39 is 0 Å². The fourth-order valence-electron chi connectivity index (χ4n) is 3.12. The van der Waals surface area contributed by atoms with Crippen molar-refractivity contribution in [3.05, 3.63) is 106 Å². The molecule has 1 aromatic heterocycles. The largest absolute Gasteiger partial charge is 0.268 e. The summed E-state index contributed by atoms with van der Waals surface area (Å²) >= 11 is 0. The van der Waals surface area contributed by atoms with E-state index in [1.165, 1.54) is 0 Å². The Morgan fingerprint density at radius 3 is 2.26 bits per heavy atom. The first-order valence-corrected chi connectivity index (χ1v) is 8.95. The molecule has 0 aliphatic rings. The zero-order valence-electron chi connectivity index (χ0n) is 15.0. The maximum absolute atomic E-state index is 13.4. The van der Waals surface area contributed by atoms with Crippen molar-refractivity contribution >= 4 is 10.9 Å². The van der Waals surface area contributed by atoms with E-state index in [1.54, 1.807) is 4.57 Å². The predicted octanol–water partition coefficient (Wildman–Crippen LogP) is 4.35. The quantitative estimate of drug-likeness (QED) is 0.504. The molecule has 0 N–H and O–H groups in total. The van der Waals surface area contributed by atoms with Crippen molar-refractivity contribution in [3.63, 3.8) is 0 Å². The van der Waals surface area contributed by atoms with Crippen molar-refractivity contribution in [3.8, 4) is 17.5 Å². The number of aryl methyl sites for hydroxylation is 1. The molecule has 0 saturated heterocycles. The van der Waals surface area contributed by atoms with Crippen LogP contribution >= 0.6 is 0 Å². The van der Waals surface area contributed by atoms with Gasteiger partial charge >= 0.3 is 0 Å². The van der Waals surface area contributed by atoms with Gasteiger partial charge in [0.15, 0.2) is 0 Å². The summed E-state index contributed by atoms with van der Waals surface area (Å²) in [4.78, 5) is 18.1. The summed E-state index contributed by atoms with van der Waals surface area (Å²) in [6.07, 6.45) is 0.667. The fraction of sp³-hybridized carbons (Fsp3) is 0.0833. The second kappa shape index (κ2) is 7.31. The molecule has 0 spiro atoms. The van der Waals surface area contributed by atoms with Gasteiger partial charge in [-0.15, -0.1) is 0 Å². The van der Waals surface area contributed by atoms with E-state index in [9.17, 15) is 4.79 Å². The molecule has 3 aromatic carbocycles. The minimum Gasteiger partial charge on any atom is -0.268 e. The number of fused-ring (bicyclic) bond motifs is 1. The van der Waals surface area contributed by atoms with Crippen LogP contribution in [0.25, 0.3) is 16.6 Å². The van der Waals surface area contributed by atoms with Gasteiger partial charge in [-0.25, -0.2) is 4.98 Å². The average Bonchev–Trinajstić information content (AvgIpc) is 2.73. The van der Waals surface area contributed by atoms with Crippen molar-refractivity contribution < 1.29 is 0 Å². The third-order valence-corrected chi connectivity index (χ3v) is 4.41. The summed E-state index contributed by atoms with van der Waals surface area (Å²) < 4.78 is 1.69. The summed E-state index contributed by atoms with van der Waals surface area (Å²) in [5.74, 6) is 7.04. The van der Waals surface area contributed by atoms with Crippen LogP contribution in [-0.4, -0.2) is 9.55 Å². The smallest absolute Gasteiger partial charge is 0.267 e. The SMILES string of the molecule is CCc1nc2cccc(C#Cc3ccccc3)c2c(=O)n1-c1ccccc1. The molecule has 0 amide bonds. The van der Waals surface area contributed by atoms with Gasteiger partial charge in [0.2, 0.25) is 0 Å². The summed E-state index contributed by atoms with van der Waals surface area (Å²) in [6.45, 7) is 2.01. The van der Waals surface area contributed by atoms with Gasteiger partial charge in [0, 0.05) is 17.5 Å². The van der Waals surface area contributed by atoms with Crippen molar-refractivity contribution in [2.24, 2.45) is 0 Å². The van der Waals surface area contributed by atoms with E-state index in [0.29, 0.717) is 22.9 Å². The van der Waals surface area contributed by atoms with Crippen LogP contribution in [-0.2, 0) is 6.42 Å². The van der Waals surface area contributed by atoms with E-state index >= 15 is 0 Å². The Morgan fingerprint density at radius 1 is 0.852 bits per heavy atom. The maximum atomic E-state index is 13.4. The summed E-state index contributed by atoms with van der Waals surface area (Å²) in [7, 11) is 0. The van der Waals surface area contributed by atoms with Gasteiger partial charge < -0.3 is 0 Å². The second-order valence-electron chi connectivity index (χ2n) is 6.17. The third kappa shape index (κ3) is 3.26. The fourth-order valence-corrected chi connectivity index (χ4v) is 3.12. The van der Waals surface area contributed by atoms with E-state index in [-0.39, 0.29) is 5.56 Å². The number of aromatic nitrogens is 2. The number of para-hydroxylation sites is 1. The highest BCUT2D eigenvalue weighted by molar-refractivity contribution is 5.84. The Kier molecular flexibility index (Phi) is 4.55. The van der Waals surface area contributed by atoms with E-state index in [4.69, 9.17) is 4.98 Å². The molecule has 0 atom stereocenters. The third-order valence-electron chi connectivity index (χ3n) is 4.41. The number of benzene rings is 3. The van der Waals surface area contributed by atoms with Crippen LogP contribution in [0.15, 0.2) is 83.7 Å². The van der Waals surface area contributed by atoms with Crippen molar-refractivity contribution in [2.45, 2.75) is 13.3 Å². The van der Waals surface area contributed by atoms with Crippen LogP contribution in [0.4, 0.5) is 0 Å². The Labute approximate surface area is 157 Å². The normalized spacial score (nSPS) is 10.4. The van der Waals surface area contributed by atoms with Crippen LogP contribution in [0.2, 0.25) is 0 Å². The highest BCUT2D eigenvalue weighted by Gasteiger charge is 2.13. The van der Waals surface area contributed by atoms with Gasteiger partial charge in [-0.05, 0) is 36.4 Å². The Bertz CT molecular complexity index is 1210. The highest BCUT2D eigenvalue weighted by Crippen LogP contribution is 2.16. The first-order chi connectivity index (χ1) is 13.3. The second-order valence-corrected chi connectivity index (χ2v) is 6.17. The van der Waals surface area contributed by atoms with Crippen LogP contribution in [0, 0.1) is 11.8 Å². The van der Waals surface area contributed by atoms with Gasteiger partial charge in [-0.1, -0.05) is 61.2 Å². The number of rotatable bonds is 2. The van der Waals surface area contributed by atoms with Gasteiger partial charge in [-0.3, -0.25) is 9.36 Å². The lowest BCUT2D eigenvalue weighted by Gasteiger charge is -2.13. The zero-order valence-corrected chi connectivity index (χ0v) is 15.0. The van der Waals surface area contributed by atoms with Gasteiger partial charge in [0.25, 0.3) is 5.56 Å². The monoisotopic (exact) mass is 350 g/mol. The summed E-state index contributed by atoms with van der Waals surface area (Å²) in [5.41, 5.74) is 3.03. The number of nitrogens with zero attached hydrogens (tertiary/aromatic N) is 2. The van der Waals surface area contributed by atoms with Crippen LogP contribution in [0.3, 0.4) is 0 Å². The maximum Gasteiger partial charge on any atom is 0.267 e. The van der Waals surface area contributed by atoms with Gasteiger partial charge in [0.05, 0.1) is 16.6 Å². The van der Waals surface area contributed by atoms with Crippen molar-refractivity contribution in [1.29, 1.82) is 0 Å². The molecule has 0 aliphatic carbocycles. The number of hydrogen-bond donors (Lipinski definition) is 0. The summed E-state index contributed by atoms with van der Waals surface area (Å²) in [6, 6.07) is 25.0. The highest BCUT2D eigenvalue weighted by atomic mass is 16.1. The number of hydrogen-bond acceptors (Lipinski definition) is 2. The molecule has 0 radical (unpaired) electrons. The van der Waals surface area contributed by atoms with Crippen LogP contribution in [0.1, 0.15) is 23.9 Å². The Balaban J connectivity index is 1.98. The van der Waals surface area contributed by atoms with E-state index in [0.717, 1.165) is 17.1 Å². The molecule has 0 saturated carbocycles. The molecule has 27 heavy (non-hydrogen) atoms. The Morgan fingerprint density at radius 2 is 1.56 bits per heavy atom. The van der Waals surface area contributed by atoms with Crippen LogP contribution in [0.5, 0.6) is 0 Å². The Hall–Kier alpha value is -3.64. The molecule has 0 aliphatic heterocycles. The standard InChI is InChI=1S/C24H18N2O/c1-2-22-25-21-15-9-12-19(17-16-18-10-5-3-6-11-18)23(21)24(27)26(22)20-13-7-4-8-14-20/h3-15H,2H2,1H3. The first kappa shape index (κ1) is 16.8. The molecular formula is C24H18N2O. The molecule has 3 heteroatoms.